The van der Waals surface area contributed by atoms with Crippen LogP contribution in [-0.2, 0) is 4.79 Å². The number of Topliss-reactive ketones (excluding diaryl/α,β-unsaturated/α-hetero) is 1. The van der Waals surface area contributed by atoms with Gasteiger partial charge in [0.1, 0.15) is 5.78 Å². The SMILES string of the molecule is CB(O)N1C[C@H](O)C[C@H]1C(C)=O. The highest BCUT2D eigenvalue weighted by Crippen LogP contribution is 2.18. The zero-order chi connectivity index (χ0) is 9.30. The van der Waals surface area contributed by atoms with Crippen LogP contribution in [0.2, 0.25) is 6.82 Å². The third kappa shape index (κ3) is 1.85. The minimum absolute atomic E-state index is 0.00690. The maximum Gasteiger partial charge on any atom is 0.377 e. The second kappa shape index (κ2) is 3.55. The Balaban J connectivity index is 2.65. The van der Waals surface area contributed by atoms with Gasteiger partial charge in [-0.15, -0.1) is 0 Å². The summed E-state index contributed by atoms with van der Waals surface area (Å²) in [4.78, 5) is 12.7. The number of rotatable bonds is 2. The van der Waals surface area contributed by atoms with E-state index in [1.807, 2.05) is 0 Å². The number of carbonyl (C=O) groups excluding carboxylic acids is 1. The van der Waals surface area contributed by atoms with Crippen molar-refractivity contribution in [1.29, 1.82) is 0 Å². The van der Waals surface area contributed by atoms with Gasteiger partial charge in [-0.2, -0.15) is 0 Å². The summed E-state index contributed by atoms with van der Waals surface area (Å²) in [6.07, 6.45) is -0.0336. The van der Waals surface area contributed by atoms with Crippen LogP contribution in [0.5, 0.6) is 0 Å². The molecule has 0 aromatic carbocycles. The first-order valence-electron chi connectivity index (χ1n) is 4.14. The van der Waals surface area contributed by atoms with Gasteiger partial charge in [-0.05, 0) is 20.2 Å². The number of hydrogen-bond acceptors (Lipinski definition) is 4. The molecule has 0 aliphatic carbocycles. The molecule has 0 bridgehead atoms. The van der Waals surface area contributed by atoms with Gasteiger partial charge >= 0.3 is 7.05 Å². The smallest absolute Gasteiger partial charge is 0.377 e. The van der Waals surface area contributed by atoms with Gasteiger partial charge in [0, 0.05) is 6.54 Å². The molecule has 0 aromatic heterocycles. The van der Waals surface area contributed by atoms with Crippen LogP contribution in [0.25, 0.3) is 0 Å². The Labute approximate surface area is 72.3 Å². The molecule has 1 rings (SSSR count). The number of ketones is 1. The van der Waals surface area contributed by atoms with E-state index in [9.17, 15) is 14.9 Å². The molecule has 0 saturated carbocycles. The van der Waals surface area contributed by atoms with Crippen molar-refractivity contribution in [3.05, 3.63) is 0 Å². The number of nitrogens with zero attached hydrogens (tertiary/aromatic N) is 1. The van der Waals surface area contributed by atoms with E-state index in [1.165, 1.54) is 6.92 Å². The van der Waals surface area contributed by atoms with Crippen LogP contribution >= 0.6 is 0 Å². The Bertz CT molecular complexity index is 185. The predicted molar refractivity (Wildman–Crippen MR) is 45.6 cm³/mol. The van der Waals surface area contributed by atoms with Gasteiger partial charge in [0.15, 0.2) is 0 Å². The second-order valence-electron chi connectivity index (χ2n) is 3.34. The highest BCUT2D eigenvalue weighted by molar-refractivity contribution is 6.45. The van der Waals surface area contributed by atoms with Crippen LogP contribution in [0.1, 0.15) is 13.3 Å². The molecule has 1 heterocycles. The Morgan fingerprint density at radius 2 is 2.25 bits per heavy atom. The van der Waals surface area contributed by atoms with Gasteiger partial charge in [0.25, 0.3) is 0 Å². The molecule has 0 amide bonds. The number of carbonyl (C=O) groups is 1. The number of β-amino-alcohol motifs (C(OH)–C–C–N with tert-alkyl or cyclic N) is 1. The lowest BCUT2D eigenvalue weighted by atomic mass is 9.83. The Morgan fingerprint density at radius 1 is 1.67 bits per heavy atom. The van der Waals surface area contributed by atoms with E-state index in [0.717, 1.165) is 0 Å². The third-order valence-corrected chi connectivity index (χ3v) is 2.27. The molecule has 0 spiro atoms. The normalized spacial score (nSPS) is 30.7. The first-order chi connectivity index (χ1) is 5.52. The molecule has 2 N–H and O–H groups in total. The molecule has 0 radical (unpaired) electrons. The summed E-state index contributed by atoms with van der Waals surface area (Å²) in [5.74, 6) is 0.00690. The summed E-state index contributed by atoms with van der Waals surface area (Å²) < 4.78 is 0. The lowest BCUT2D eigenvalue weighted by molar-refractivity contribution is -0.120. The number of aliphatic hydroxyl groups is 1. The molecule has 1 saturated heterocycles. The summed E-state index contributed by atoms with van der Waals surface area (Å²) in [5.41, 5.74) is 0. The lowest BCUT2D eigenvalue weighted by Gasteiger charge is -2.22. The molecule has 68 valence electrons. The van der Waals surface area contributed by atoms with Crippen LogP contribution in [0.3, 0.4) is 0 Å². The quantitative estimate of drug-likeness (QED) is 0.529. The summed E-state index contributed by atoms with van der Waals surface area (Å²) in [7, 11) is -0.656. The van der Waals surface area contributed by atoms with Crippen molar-refractivity contribution < 1.29 is 14.9 Å². The summed E-state index contributed by atoms with van der Waals surface area (Å²) >= 11 is 0. The van der Waals surface area contributed by atoms with Crippen molar-refractivity contribution in [3.63, 3.8) is 0 Å². The van der Waals surface area contributed by atoms with Gasteiger partial charge < -0.3 is 14.9 Å². The van der Waals surface area contributed by atoms with Crippen LogP contribution in [-0.4, -0.2) is 46.5 Å². The average Bonchev–Trinajstić information content (AvgIpc) is 2.31. The van der Waals surface area contributed by atoms with E-state index < -0.39 is 13.2 Å². The van der Waals surface area contributed by atoms with Gasteiger partial charge in [-0.3, -0.25) is 4.79 Å². The number of aliphatic hydroxyl groups excluding tert-OH is 1. The highest BCUT2D eigenvalue weighted by atomic mass is 16.3. The summed E-state index contributed by atoms with van der Waals surface area (Å²) in [6, 6.07) is -0.306. The Morgan fingerprint density at radius 3 is 2.58 bits per heavy atom. The van der Waals surface area contributed by atoms with Crippen molar-refractivity contribution in [2.45, 2.75) is 32.3 Å². The fraction of sp³-hybridized carbons (Fsp3) is 0.857. The van der Waals surface area contributed by atoms with Crippen LogP contribution in [0.15, 0.2) is 0 Å². The van der Waals surface area contributed by atoms with Crippen molar-refractivity contribution in [3.8, 4) is 0 Å². The highest BCUT2D eigenvalue weighted by Gasteiger charge is 2.37. The standard InChI is InChI=1S/C7H14BNO3/c1-5(10)7-3-6(11)4-9(7)8(2)12/h6-7,11-12H,3-4H2,1-2H3/t6-,7+/m1/s1. The fourth-order valence-corrected chi connectivity index (χ4v) is 1.65. The molecular formula is C7H14BNO3. The van der Waals surface area contributed by atoms with E-state index in [2.05, 4.69) is 0 Å². The monoisotopic (exact) mass is 171 g/mol. The van der Waals surface area contributed by atoms with E-state index in [0.29, 0.717) is 13.0 Å². The molecule has 5 heteroatoms. The van der Waals surface area contributed by atoms with E-state index >= 15 is 0 Å². The molecule has 0 aromatic rings. The third-order valence-electron chi connectivity index (χ3n) is 2.27. The zero-order valence-corrected chi connectivity index (χ0v) is 7.40. The Hall–Kier alpha value is -0.385. The molecule has 12 heavy (non-hydrogen) atoms. The number of hydrogen-bond donors (Lipinski definition) is 2. The maximum absolute atomic E-state index is 11.0. The summed E-state index contributed by atoms with van der Waals surface area (Å²) in [6.45, 7) is 3.48. The van der Waals surface area contributed by atoms with Crippen molar-refractivity contribution in [2.24, 2.45) is 0 Å². The largest absolute Gasteiger partial charge is 0.437 e. The van der Waals surface area contributed by atoms with Crippen LogP contribution in [0.4, 0.5) is 0 Å². The first-order valence-corrected chi connectivity index (χ1v) is 4.14. The maximum atomic E-state index is 11.0. The van der Waals surface area contributed by atoms with E-state index in [4.69, 9.17) is 0 Å². The predicted octanol–water partition coefficient (Wildman–Crippen LogP) is -0.879. The van der Waals surface area contributed by atoms with Crippen molar-refractivity contribution in [1.82, 2.24) is 4.81 Å². The molecule has 1 aliphatic heterocycles. The minimum atomic E-state index is -0.656. The molecule has 1 fully saturated rings. The van der Waals surface area contributed by atoms with Crippen LogP contribution < -0.4 is 0 Å². The molecule has 2 atom stereocenters. The zero-order valence-electron chi connectivity index (χ0n) is 7.40. The lowest BCUT2D eigenvalue weighted by Crippen LogP contribution is -2.44. The van der Waals surface area contributed by atoms with Gasteiger partial charge in [0.2, 0.25) is 0 Å². The van der Waals surface area contributed by atoms with Gasteiger partial charge in [-0.1, -0.05) is 0 Å². The Kier molecular flexibility index (Phi) is 2.87. The van der Waals surface area contributed by atoms with Crippen molar-refractivity contribution in [2.75, 3.05) is 6.54 Å². The second-order valence-corrected chi connectivity index (χ2v) is 3.34. The van der Waals surface area contributed by atoms with Gasteiger partial charge in [-0.25, -0.2) is 0 Å². The molecule has 1 aliphatic rings. The molecule has 0 unspecified atom stereocenters. The fourth-order valence-electron chi connectivity index (χ4n) is 1.65. The van der Waals surface area contributed by atoms with Gasteiger partial charge in [0.05, 0.1) is 12.1 Å². The topological polar surface area (TPSA) is 60.8 Å². The molecule has 4 nitrogen and oxygen atoms in total. The summed E-state index contributed by atoms with van der Waals surface area (Å²) in [5, 5.41) is 18.5. The minimum Gasteiger partial charge on any atom is -0.437 e. The van der Waals surface area contributed by atoms with E-state index in [1.54, 1.807) is 11.6 Å². The van der Waals surface area contributed by atoms with Crippen LogP contribution in [0, 0.1) is 0 Å². The first kappa shape index (κ1) is 9.70. The van der Waals surface area contributed by atoms with E-state index in [-0.39, 0.29) is 11.8 Å². The molecular weight excluding hydrogens is 157 g/mol. The van der Waals surface area contributed by atoms with Crippen molar-refractivity contribution >= 4 is 12.8 Å². The average molecular weight is 171 g/mol.